The molecule has 8 nitrogen and oxygen atoms in total. The Hall–Kier alpha value is -3.27. The van der Waals surface area contributed by atoms with Crippen LogP contribution in [0.4, 0.5) is 21.6 Å². The summed E-state index contributed by atoms with van der Waals surface area (Å²) in [5, 5.41) is 6.88. The molecule has 0 spiro atoms. The number of carbonyl (C=O) groups excluding carboxylic acids is 1. The summed E-state index contributed by atoms with van der Waals surface area (Å²) in [6.45, 7) is 6.39. The van der Waals surface area contributed by atoms with Gasteiger partial charge in [-0.05, 0) is 76.1 Å². The summed E-state index contributed by atoms with van der Waals surface area (Å²) < 4.78 is 19.9. The van der Waals surface area contributed by atoms with Crippen LogP contribution in [0.15, 0.2) is 48.8 Å². The molecule has 0 saturated carbocycles. The van der Waals surface area contributed by atoms with Crippen LogP contribution in [0.5, 0.6) is 5.75 Å². The van der Waals surface area contributed by atoms with Crippen molar-refractivity contribution in [1.82, 2.24) is 19.8 Å². The fourth-order valence-corrected chi connectivity index (χ4v) is 5.38. The maximum Gasteiger partial charge on any atom is 0.248 e. The van der Waals surface area contributed by atoms with Gasteiger partial charge in [-0.1, -0.05) is 30.5 Å². The molecule has 0 bridgehead atoms. The number of hydrogen-bond acceptors (Lipinski definition) is 7. The maximum absolute atomic E-state index is 13.7. The van der Waals surface area contributed by atoms with Crippen LogP contribution in [-0.2, 0) is 4.79 Å². The molecule has 0 unspecified atom stereocenters. The van der Waals surface area contributed by atoms with Gasteiger partial charge in [0.15, 0.2) is 0 Å². The number of rotatable bonds is 10. The smallest absolute Gasteiger partial charge is 0.248 e. The van der Waals surface area contributed by atoms with Crippen LogP contribution >= 0.6 is 11.6 Å². The standard InChI is InChI=1S/C30H36ClFN6O2/c31-24-18-22(9-10-25(24)32)35-30-23-19-27(36-29(39)8-7-15-37-11-3-1-4-12-37)28(20-26(23)33-21-34-30)40-17-16-38-13-5-2-6-14-38/h7-10,18-21H,1-6,11-17H2,(H,36,39)(H,33,34,35)/b8-7+. The fraction of sp³-hybridized carbons (Fsp3) is 0.433. The van der Waals surface area contributed by atoms with E-state index in [1.807, 2.05) is 18.2 Å². The molecule has 2 saturated heterocycles. The molecule has 5 rings (SSSR count). The third-order valence-corrected chi connectivity index (χ3v) is 7.66. The molecule has 1 aromatic heterocycles. The molecule has 1 amide bonds. The van der Waals surface area contributed by atoms with Crippen molar-refractivity contribution >= 4 is 45.6 Å². The number of fused-ring (bicyclic) bond motifs is 1. The average Bonchev–Trinajstić information content (AvgIpc) is 2.97. The first-order valence-corrected chi connectivity index (χ1v) is 14.5. The van der Waals surface area contributed by atoms with Crippen molar-refractivity contribution in [3.63, 3.8) is 0 Å². The highest BCUT2D eigenvalue weighted by Crippen LogP contribution is 2.34. The van der Waals surface area contributed by atoms with Crippen LogP contribution in [0.3, 0.4) is 0 Å². The highest BCUT2D eigenvalue weighted by molar-refractivity contribution is 6.31. The number of aromatic nitrogens is 2. The van der Waals surface area contributed by atoms with Crippen LogP contribution in [0.2, 0.25) is 5.02 Å². The predicted molar refractivity (Wildman–Crippen MR) is 158 cm³/mol. The number of hydrogen-bond donors (Lipinski definition) is 2. The number of halogens is 2. The van der Waals surface area contributed by atoms with Gasteiger partial charge in [-0.25, -0.2) is 14.4 Å². The van der Waals surface area contributed by atoms with E-state index in [-0.39, 0.29) is 10.9 Å². The topological polar surface area (TPSA) is 82.6 Å². The van der Waals surface area contributed by atoms with E-state index in [4.69, 9.17) is 16.3 Å². The molecular formula is C30H36ClFN6O2. The quantitative estimate of drug-likeness (QED) is 0.291. The number of benzene rings is 2. The Morgan fingerprint density at radius 3 is 2.50 bits per heavy atom. The second-order valence-corrected chi connectivity index (χ2v) is 10.8. The van der Waals surface area contributed by atoms with E-state index in [2.05, 4.69) is 30.4 Å². The molecule has 2 N–H and O–H groups in total. The number of nitrogens with zero attached hydrogens (tertiary/aromatic N) is 4. The van der Waals surface area contributed by atoms with Crippen molar-refractivity contribution in [2.75, 3.05) is 56.5 Å². The largest absolute Gasteiger partial charge is 0.490 e. The zero-order chi connectivity index (χ0) is 27.7. The summed E-state index contributed by atoms with van der Waals surface area (Å²) in [4.78, 5) is 26.5. The van der Waals surface area contributed by atoms with Crippen molar-refractivity contribution in [1.29, 1.82) is 0 Å². The zero-order valence-electron chi connectivity index (χ0n) is 22.7. The number of anilines is 3. The Labute approximate surface area is 239 Å². The van der Waals surface area contributed by atoms with E-state index < -0.39 is 5.82 Å². The molecule has 40 heavy (non-hydrogen) atoms. The summed E-state index contributed by atoms with van der Waals surface area (Å²) in [6.07, 6.45) is 12.3. The van der Waals surface area contributed by atoms with E-state index in [9.17, 15) is 9.18 Å². The average molecular weight is 567 g/mol. The molecule has 2 aromatic carbocycles. The second kappa shape index (κ2) is 13.9. The first-order chi connectivity index (χ1) is 19.5. The number of ether oxygens (including phenoxy) is 1. The lowest BCUT2D eigenvalue weighted by Gasteiger charge is -2.26. The van der Waals surface area contributed by atoms with Crippen LogP contribution < -0.4 is 15.4 Å². The Kier molecular flexibility index (Phi) is 9.81. The maximum atomic E-state index is 13.7. The fourth-order valence-electron chi connectivity index (χ4n) is 5.20. The summed E-state index contributed by atoms with van der Waals surface area (Å²) >= 11 is 5.97. The normalized spacial score (nSPS) is 16.9. The molecule has 212 valence electrons. The first kappa shape index (κ1) is 28.3. The number of likely N-dealkylation sites (tertiary alicyclic amines) is 2. The Morgan fingerprint density at radius 2 is 1.75 bits per heavy atom. The third kappa shape index (κ3) is 7.68. The minimum absolute atomic E-state index is 0.0112. The van der Waals surface area contributed by atoms with Gasteiger partial charge >= 0.3 is 0 Å². The Bertz CT molecular complexity index is 1340. The number of amides is 1. The first-order valence-electron chi connectivity index (χ1n) is 14.1. The van der Waals surface area contributed by atoms with Gasteiger partial charge in [-0.2, -0.15) is 0 Å². The van der Waals surface area contributed by atoms with Gasteiger partial charge in [0.25, 0.3) is 0 Å². The lowest BCUT2D eigenvalue weighted by Crippen LogP contribution is -2.33. The molecular weight excluding hydrogens is 531 g/mol. The zero-order valence-corrected chi connectivity index (χ0v) is 23.4. The molecule has 3 heterocycles. The molecule has 0 aliphatic carbocycles. The van der Waals surface area contributed by atoms with E-state index in [1.165, 1.54) is 57.0 Å². The van der Waals surface area contributed by atoms with Crippen molar-refractivity contribution in [2.24, 2.45) is 0 Å². The van der Waals surface area contributed by atoms with Gasteiger partial charge in [0.05, 0.1) is 16.2 Å². The summed E-state index contributed by atoms with van der Waals surface area (Å²) in [6, 6.07) is 8.02. The summed E-state index contributed by atoms with van der Waals surface area (Å²) in [5.41, 5.74) is 1.77. The molecule has 3 aromatic rings. The van der Waals surface area contributed by atoms with Crippen molar-refractivity contribution in [3.8, 4) is 5.75 Å². The number of nitrogens with one attached hydrogen (secondary N) is 2. The van der Waals surface area contributed by atoms with Gasteiger partial charge in [-0.3, -0.25) is 14.6 Å². The highest BCUT2D eigenvalue weighted by Gasteiger charge is 2.15. The van der Waals surface area contributed by atoms with E-state index in [1.54, 1.807) is 12.1 Å². The van der Waals surface area contributed by atoms with E-state index >= 15 is 0 Å². The van der Waals surface area contributed by atoms with Crippen molar-refractivity contribution in [2.45, 2.75) is 38.5 Å². The van der Waals surface area contributed by atoms with Crippen LogP contribution in [0, 0.1) is 5.82 Å². The summed E-state index contributed by atoms with van der Waals surface area (Å²) in [5.74, 6) is 0.332. The summed E-state index contributed by atoms with van der Waals surface area (Å²) in [7, 11) is 0. The van der Waals surface area contributed by atoms with Crippen LogP contribution in [-0.4, -0.2) is 71.6 Å². The molecule has 2 aliphatic heterocycles. The van der Waals surface area contributed by atoms with Gasteiger partial charge in [0, 0.05) is 36.3 Å². The van der Waals surface area contributed by atoms with E-state index in [0.29, 0.717) is 40.5 Å². The lowest BCUT2D eigenvalue weighted by molar-refractivity contribution is -0.111. The van der Waals surface area contributed by atoms with Gasteiger partial charge in [0.1, 0.15) is 30.3 Å². The van der Waals surface area contributed by atoms with Gasteiger partial charge in [0.2, 0.25) is 5.91 Å². The van der Waals surface area contributed by atoms with Crippen LogP contribution in [0.25, 0.3) is 10.9 Å². The Balaban J connectivity index is 1.36. The van der Waals surface area contributed by atoms with E-state index in [0.717, 1.165) is 39.3 Å². The Morgan fingerprint density at radius 1 is 1.00 bits per heavy atom. The molecule has 2 fully saturated rings. The molecule has 0 atom stereocenters. The lowest BCUT2D eigenvalue weighted by atomic mass is 10.1. The van der Waals surface area contributed by atoms with Gasteiger partial charge in [-0.15, -0.1) is 0 Å². The monoisotopic (exact) mass is 566 g/mol. The number of carbonyl (C=O) groups is 1. The highest BCUT2D eigenvalue weighted by atomic mass is 35.5. The molecule has 10 heteroatoms. The van der Waals surface area contributed by atoms with Crippen LogP contribution in [0.1, 0.15) is 38.5 Å². The molecule has 0 radical (unpaired) electrons. The predicted octanol–water partition coefficient (Wildman–Crippen LogP) is 6.01. The molecule has 2 aliphatic rings. The number of piperidine rings is 2. The van der Waals surface area contributed by atoms with Crippen molar-refractivity contribution < 1.29 is 13.9 Å². The third-order valence-electron chi connectivity index (χ3n) is 7.37. The SMILES string of the molecule is O=C(/C=C/CN1CCCCC1)Nc1cc2c(Nc3ccc(F)c(Cl)c3)ncnc2cc1OCCN1CCCCC1. The second-order valence-electron chi connectivity index (χ2n) is 10.3. The van der Waals surface area contributed by atoms with Crippen molar-refractivity contribution in [3.05, 3.63) is 59.7 Å². The minimum atomic E-state index is -0.496. The minimum Gasteiger partial charge on any atom is -0.490 e. The van der Waals surface area contributed by atoms with Gasteiger partial charge < -0.3 is 15.4 Å².